The average molecular weight is 279 g/mol. The molecule has 0 radical (unpaired) electrons. The highest BCUT2D eigenvalue weighted by Crippen LogP contribution is 2.33. The lowest BCUT2D eigenvalue weighted by molar-refractivity contribution is 0.146. The van der Waals surface area contributed by atoms with Crippen LogP contribution in [0.15, 0.2) is 24.3 Å². The summed E-state index contributed by atoms with van der Waals surface area (Å²) >= 11 is 1.20. The summed E-state index contributed by atoms with van der Waals surface area (Å²) in [4.78, 5) is 0. The fraction of sp³-hybridized carbons (Fsp3) is 0.385. The number of nitrogens with zero attached hydrogens (tertiary/aromatic N) is 2. The predicted molar refractivity (Wildman–Crippen MR) is 76.9 cm³/mol. The van der Waals surface area contributed by atoms with E-state index in [-0.39, 0.29) is 0 Å². The fourth-order valence-corrected chi connectivity index (χ4v) is 2.21. The molecule has 1 N–H and O–H groups in total. The van der Waals surface area contributed by atoms with E-state index < -0.39 is 0 Å². The molecule has 5 nitrogen and oxygen atoms in total. The van der Waals surface area contributed by atoms with Crippen molar-refractivity contribution in [3.8, 4) is 17.0 Å². The van der Waals surface area contributed by atoms with Crippen LogP contribution in [0, 0.1) is 0 Å². The minimum atomic E-state index is 0.515. The van der Waals surface area contributed by atoms with E-state index >= 15 is 0 Å². The average Bonchev–Trinajstić information content (AvgIpc) is 2.88. The Morgan fingerprint density at radius 1 is 1.21 bits per heavy atom. The molecule has 0 unspecified atom stereocenters. The molecule has 0 aliphatic heterocycles. The molecule has 1 aromatic heterocycles. The third-order valence-electron chi connectivity index (χ3n) is 2.52. The third-order valence-corrected chi connectivity index (χ3v) is 3.05. The zero-order chi connectivity index (χ0) is 13.5. The van der Waals surface area contributed by atoms with Crippen LogP contribution in [-0.4, -0.2) is 35.6 Å². The lowest BCUT2D eigenvalue weighted by Gasteiger charge is -2.10. The van der Waals surface area contributed by atoms with Crippen LogP contribution in [0.2, 0.25) is 0 Å². The van der Waals surface area contributed by atoms with Gasteiger partial charge in [0.25, 0.3) is 0 Å². The molecule has 0 aliphatic rings. The molecule has 0 saturated carbocycles. The highest BCUT2D eigenvalue weighted by molar-refractivity contribution is 6.99. The second kappa shape index (κ2) is 7.06. The van der Waals surface area contributed by atoms with Gasteiger partial charge in [0.1, 0.15) is 18.1 Å². The van der Waals surface area contributed by atoms with Gasteiger partial charge >= 0.3 is 0 Å². The predicted octanol–water partition coefficient (Wildman–Crippen LogP) is 2.66. The van der Waals surface area contributed by atoms with Crippen molar-refractivity contribution in [1.82, 2.24) is 8.75 Å². The number of para-hydroxylation sites is 1. The maximum absolute atomic E-state index is 5.72. The van der Waals surface area contributed by atoms with Crippen molar-refractivity contribution >= 4 is 17.5 Å². The molecule has 0 spiro atoms. The molecule has 2 aromatic rings. The van der Waals surface area contributed by atoms with Crippen molar-refractivity contribution in [3.05, 3.63) is 24.3 Å². The van der Waals surface area contributed by atoms with E-state index in [9.17, 15) is 0 Å². The minimum Gasteiger partial charge on any atom is -0.490 e. The number of aromatic nitrogens is 2. The molecule has 0 bridgehead atoms. The summed E-state index contributed by atoms with van der Waals surface area (Å²) in [5.41, 5.74) is 1.78. The lowest BCUT2D eigenvalue weighted by atomic mass is 10.1. The second-order valence-corrected chi connectivity index (χ2v) is 4.36. The van der Waals surface area contributed by atoms with Crippen LogP contribution in [0.25, 0.3) is 11.3 Å². The number of anilines is 1. The molecule has 0 saturated heterocycles. The Kier molecular flexibility index (Phi) is 5.11. The summed E-state index contributed by atoms with van der Waals surface area (Å²) in [7, 11) is 1.66. The van der Waals surface area contributed by atoms with E-state index in [1.54, 1.807) is 7.11 Å². The van der Waals surface area contributed by atoms with Gasteiger partial charge in [0.2, 0.25) is 0 Å². The molecular weight excluding hydrogens is 262 g/mol. The summed E-state index contributed by atoms with van der Waals surface area (Å²) in [5.74, 6) is 1.60. The molecule has 19 heavy (non-hydrogen) atoms. The van der Waals surface area contributed by atoms with Gasteiger partial charge < -0.3 is 14.8 Å². The molecule has 0 aliphatic carbocycles. The zero-order valence-corrected chi connectivity index (χ0v) is 11.9. The first-order valence-corrected chi connectivity index (χ1v) is 6.87. The topological polar surface area (TPSA) is 56.3 Å². The maximum atomic E-state index is 5.72. The largest absolute Gasteiger partial charge is 0.490 e. The van der Waals surface area contributed by atoms with E-state index in [2.05, 4.69) is 14.1 Å². The molecule has 2 rings (SSSR count). The van der Waals surface area contributed by atoms with Crippen molar-refractivity contribution in [1.29, 1.82) is 0 Å². The summed E-state index contributed by atoms with van der Waals surface area (Å²) < 4.78 is 19.3. The molecular formula is C13H17N3O2S. The normalized spacial score (nSPS) is 10.4. The highest BCUT2D eigenvalue weighted by Gasteiger charge is 2.14. The van der Waals surface area contributed by atoms with E-state index in [4.69, 9.17) is 9.47 Å². The molecule has 0 amide bonds. The van der Waals surface area contributed by atoms with E-state index in [0.717, 1.165) is 29.4 Å². The number of rotatable bonds is 7. The van der Waals surface area contributed by atoms with Crippen LogP contribution in [0.3, 0.4) is 0 Å². The molecule has 6 heteroatoms. The highest BCUT2D eigenvalue weighted by atomic mass is 32.1. The monoisotopic (exact) mass is 279 g/mol. The minimum absolute atomic E-state index is 0.515. The van der Waals surface area contributed by atoms with Crippen LogP contribution >= 0.6 is 11.7 Å². The summed E-state index contributed by atoms with van der Waals surface area (Å²) in [6, 6.07) is 7.83. The second-order valence-electron chi connectivity index (χ2n) is 3.83. The van der Waals surface area contributed by atoms with Gasteiger partial charge in [0.15, 0.2) is 5.82 Å². The summed E-state index contributed by atoms with van der Waals surface area (Å²) in [6.45, 7) is 3.92. The number of methoxy groups -OCH3 is 1. The number of hydrogen-bond donors (Lipinski definition) is 1. The van der Waals surface area contributed by atoms with Gasteiger partial charge in [-0.15, -0.1) is 0 Å². The molecule has 0 fully saturated rings. The Bertz CT molecular complexity index is 516. The van der Waals surface area contributed by atoms with E-state index in [1.165, 1.54) is 11.7 Å². The van der Waals surface area contributed by atoms with Crippen LogP contribution in [0.5, 0.6) is 5.75 Å². The lowest BCUT2D eigenvalue weighted by Crippen LogP contribution is -2.05. The van der Waals surface area contributed by atoms with Gasteiger partial charge in [-0.3, -0.25) is 0 Å². The third kappa shape index (κ3) is 3.42. The van der Waals surface area contributed by atoms with Crippen LogP contribution in [-0.2, 0) is 4.74 Å². The standard InChI is InChI=1S/C13H17N3O2S/c1-3-14-13-12(15-19-16-13)10-6-4-5-7-11(10)18-9-8-17-2/h4-7H,3,8-9H2,1-2H3,(H,14,16). The smallest absolute Gasteiger partial charge is 0.168 e. The van der Waals surface area contributed by atoms with Gasteiger partial charge in [-0.05, 0) is 19.1 Å². The Morgan fingerprint density at radius 3 is 2.84 bits per heavy atom. The SMILES string of the molecule is CCNc1nsnc1-c1ccccc1OCCOC. The van der Waals surface area contributed by atoms with Crippen molar-refractivity contribution < 1.29 is 9.47 Å². The van der Waals surface area contributed by atoms with Gasteiger partial charge in [-0.25, -0.2) is 0 Å². The number of hydrogen-bond acceptors (Lipinski definition) is 6. The van der Waals surface area contributed by atoms with Gasteiger partial charge in [-0.2, -0.15) is 8.75 Å². The van der Waals surface area contributed by atoms with Gasteiger partial charge in [-0.1, -0.05) is 12.1 Å². The zero-order valence-electron chi connectivity index (χ0n) is 11.0. The Hall–Kier alpha value is -1.66. The molecule has 1 heterocycles. The molecule has 1 aromatic carbocycles. The Balaban J connectivity index is 2.25. The van der Waals surface area contributed by atoms with Crippen molar-refractivity contribution in [3.63, 3.8) is 0 Å². The molecule has 0 atom stereocenters. The number of ether oxygens (including phenoxy) is 2. The van der Waals surface area contributed by atoms with Crippen LogP contribution in [0.1, 0.15) is 6.92 Å². The van der Waals surface area contributed by atoms with Crippen molar-refractivity contribution in [2.75, 3.05) is 32.2 Å². The maximum Gasteiger partial charge on any atom is 0.168 e. The quantitative estimate of drug-likeness (QED) is 0.790. The number of nitrogens with one attached hydrogen (secondary N) is 1. The van der Waals surface area contributed by atoms with Crippen LogP contribution in [0.4, 0.5) is 5.82 Å². The van der Waals surface area contributed by atoms with Crippen molar-refractivity contribution in [2.24, 2.45) is 0 Å². The van der Waals surface area contributed by atoms with E-state index in [1.807, 2.05) is 31.2 Å². The first kappa shape index (κ1) is 13.8. The summed E-state index contributed by atoms with van der Waals surface area (Å²) in [6.07, 6.45) is 0. The molecule has 102 valence electrons. The van der Waals surface area contributed by atoms with Crippen LogP contribution < -0.4 is 10.1 Å². The Labute approximate surface area is 116 Å². The fourth-order valence-electron chi connectivity index (χ4n) is 1.67. The van der Waals surface area contributed by atoms with Crippen molar-refractivity contribution in [2.45, 2.75) is 6.92 Å². The first-order valence-electron chi connectivity index (χ1n) is 6.14. The summed E-state index contributed by atoms with van der Waals surface area (Å²) in [5, 5.41) is 3.21. The van der Waals surface area contributed by atoms with Gasteiger partial charge in [0, 0.05) is 19.2 Å². The Morgan fingerprint density at radius 2 is 2.05 bits per heavy atom. The number of benzene rings is 1. The van der Waals surface area contributed by atoms with Gasteiger partial charge in [0.05, 0.1) is 18.3 Å². The first-order chi connectivity index (χ1) is 9.36. The van der Waals surface area contributed by atoms with E-state index in [0.29, 0.717) is 13.2 Å².